The highest BCUT2D eigenvalue weighted by Crippen LogP contribution is 2.56. The first-order chi connectivity index (χ1) is 8.04. The van der Waals surface area contributed by atoms with E-state index >= 15 is 0 Å². The molecule has 0 radical (unpaired) electrons. The first kappa shape index (κ1) is 13.3. The number of unbranched alkanes of at least 4 members (excludes halogenated alkanes) is 1. The smallest absolute Gasteiger partial charge is 0.166 e. The van der Waals surface area contributed by atoms with Crippen LogP contribution in [0.5, 0.6) is 0 Å². The van der Waals surface area contributed by atoms with Gasteiger partial charge in [-0.25, -0.2) is 12.8 Å². The second-order valence-electron chi connectivity index (χ2n) is 5.41. The van der Waals surface area contributed by atoms with Gasteiger partial charge in [0, 0.05) is 6.61 Å². The van der Waals surface area contributed by atoms with E-state index in [-0.39, 0.29) is 6.61 Å². The predicted octanol–water partition coefficient (Wildman–Crippen LogP) is 2.25. The van der Waals surface area contributed by atoms with Crippen LogP contribution in [-0.2, 0) is 14.6 Å². The molecule has 2 saturated carbocycles. The average Bonchev–Trinajstić information content (AvgIpc) is 3.16. The van der Waals surface area contributed by atoms with E-state index in [2.05, 4.69) is 6.92 Å². The Kier molecular flexibility index (Phi) is 3.51. The summed E-state index contributed by atoms with van der Waals surface area (Å²) in [5, 5.41) is 0. The Labute approximate surface area is 103 Å². The molecule has 0 aliphatic heterocycles. The summed E-state index contributed by atoms with van der Waals surface area (Å²) in [5.41, 5.74) is 0. The van der Waals surface area contributed by atoms with Crippen LogP contribution in [0.1, 0.15) is 45.4 Å². The first-order valence-corrected chi connectivity index (χ1v) is 7.90. The number of hydrogen-bond acceptors (Lipinski definition) is 3. The second kappa shape index (κ2) is 4.50. The Morgan fingerprint density at radius 3 is 2.18 bits per heavy atom. The fraction of sp³-hybridized carbons (Fsp3) is 1.00. The van der Waals surface area contributed by atoms with Crippen LogP contribution in [0.4, 0.5) is 4.39 Å². The lowest BCUT2D eigenvalue weighted by molar-refractivity contribution is 0.126. The first-order valence-electron chi connectivity index (χ1n) is 6.41. The number of hydrogen-bond donors (Lipinski definition) is 0. The van der Waals surface area contributed by atoms with Crippen LogP contribution in [0.15, 0.2) is 0 Å². The lowest BCUT2D eigenvalue weighted by Gasteiger charge is -2.21. The van der Waals surface area contributed by atoms with Gasteiger partial charge in [0.05, 0.1) is 11.4 Å². The van der Waals surface area contributed by atoms with Crippen molar-refractivity contribution in [2.24, 2.45) is 0 Å². The fourth-order valence-corrected chi connectivity index (χ4v) is 4.79. The molecule has 0 aromatic carbocycles. The molecule has 2 fully saturated rings. The van der Waals surface area contributed by atoms with Crippen LogP contribution in [-0.4, -0.2) is 37.8 Å². The van der Waals surface area contributed by atoms with E-state index in [1.165, 1.54) is 0 Å². The highest BCUT2D eigenvalue weighted by Gasteiger charge is 2.67. The van der Waals surface area contributed by atoms with Crippen molar-refractivity contribution in [1.82, 2.24) is 0 Å². The SMILES string of the molecule is CCCCOCC1(S(=O)(=O)C2(CF)CC2)CC1. The third-order valence-electron chi connectivity index (χ3n) is 4.01. The molecule has 0 heterocycles. The van der Waals surface area contributed by atoms with Crippen LogP contribution in [0.2, 0.25) is 0 Å². The van der Waals surface area contributed by atoms with Gasteiger partial charge in [-0.05, 0) is 32.1 Å². The monoisotopic (exact) mass is 264 g/mol. The summed E-state index contributed by atoms with van der Waals surface area (Å²) in [5.74, 6) is 0. The summed E-state index contributed by atoms with van der Waals surface area (Å²) < 4.78 is 41.3. The third-order valence-corrected chi connectivity index (χ3v) is 7.33. The van der Waals surface area contributed by atoms with Crippen LogP contribution < -0.4 is 0 Å². The van der Waals surface area contributed by atoms with E-state index in [4.69, 9.17) is 4.74 Å². The van der Waals surface area contributed by atoms with Crippen molar-refractivity contribution in [3.05, 3.63) is 0 Å². The molecular weight excluding hydrogens is 243 g/mol. The highest BCUT2D eigenvalue weighted by atomic mass is 32.2. The summed E-state index contributed by atoms with van der Waals surface area (Å²) in [6.07, 6.45) is 4.25. The summed E-state index contributed by atoms with van der Waals surface area (Å²) in [6, 6.07) is 0. The quantitative estimate of drug-likeness (QED) is 0.632. The van der Waals surface area contributed by atoms with Crippen LogP contribution in [0, 0.1) is 0 Å². The van der Waals surface area contributed by atoms with Gasteiger partial charge in [0.2, 0.25) is 0 Å². The lowest BCUT2D eigenvalue weighted by Crippen LogP contribution is -2.40. The van der Waals surface area contributed by atoms with E-state index in [9.17, 15) is 12.8 Å². The zero-order chi connectivity index (χ0) is 12.6. The standard InChI is InChI=1S/C12H21FO3S/c1-2-3-8-16-10-12(6-7-12)17(14,15)11(9-13)4-5-11/h2-10H2,1H3. The molecule has 3 nitrogen and oxygen atoms in total. The van der Waals surface area contributed by atoms with Crippen molar-refractivity contribution in [2.75, 3.05) is 19.9 Å². The molecule has 100 valence electrons. The molecular formula is C12H21FO3S. The molecule has 0 spiro atoms. The van der Waals surface area contributed by atoms with Crippen molar-refractivity contribution in [3.63, 3.8) is 0 Å². The maximum atomic E-state index is 12.9. The Morgan fingerprint density at radius 2 is 1.76 bits per heavy atom. The second-order valence-corrected chi connectivity index (χ2v) is 8.15. The number of alkyl halides is 1. The van der Waals surface area contributed by atoms with Gasteiger partial charge >= 0.3 is 0 Å². The fourth-order valence-electron chi connectivity index (χ4n) is 2.21. The molecule has 2 aliphatic carbocycles. The van der Waals surface area contributed by atoms with Gasteiger partial charge < -0.3 is 4.74 Å². The zero-order valence-electron chi connectivity index (χ0n) is 10.4. The Balaban J connectivity index is 1.96. The summed E-state index contributed by atoms with van der Waals surface area (Å²) in [6.45, 7) is 2.20. The number of ether oxygens (including phenoxy) is 1. The van der Waals surface area contributed by atoms with E-state index in [1.54, 1.807) is 0 Å². The predicted molar refractivity (Wildman–Crippen MR) is 64.6 cm³/mol. The summed E-state index contributed by atoms with van der Waals surface area (Å²) in [7, 11) is -3.35. The minimum Gasteiger partial charge on any atom is -0.380 e. The molecule has 0 unspecified atom stereocenters. The lowest BCUT2D eigenvalue weighted by atomic mass is 10.3. The van der Waals surface area contributed by atoms with E-state index < -0.39 is 26.0 Å². The van der Waals surface area contributed by atoms with Crippen molar-refractivity contribution in [1.29, 1.82) is 0 Å². The van der Waals surface area contributed by atoms with Gasteiger partial charge in [-0.2, -0.15) is 0 Å². The Morgan fingerprint density at radius 1 is 1.18 bits per heavy atom. The Bertz CT molecular complexity index is 369. The van der Waals surface area contributed by atoms with Crippen LogP contribution >= 0.6 is 0 Å². The molecule has 0 aromatic heterocycles. The molecule has 17 heavy (non-hydrogen) atoms. The van der Waals surface area contributed by atoms with Gasteiger partial charge in [0.25, 0.3) is 0 Å². The highest BCUT2D eigenvalue weighted by molar-refractivity contribution is 7.94. The van der Waals surface area contributed by atoms with E-state index in [0.29, 0.717) is 32.3 Å². The van der Waals surface area contributed by atoms with Gasteiger partial charge in [0.1, 0.15) is 11.4 Å². The van der Waals surface area contributed by atoms with Crippen molar-refractivity contribution in [3.8, 4) is 0 Å². The largest absolute Gasteiger partial charge is 0.380 e. The zero-order valence-corrected chi connectivity index (χ0v) is 11.2. The number of sulfone groups is 1. The molecule has 2 rings (SSSR count). The molecule has 0 amide bonds. The number of halogens is 1. The Hall–Kier alpha value is -0.160. The molecule has 0 saturated heterocycles. The van der Waals surface area contributed by atoms with E-state index in [0.717, 1.165) is 12.8 Å². The molecule has 0 atom stereocenters. The summed E-state index contributed by atoms with van der Waals surface area (Å²) in [4.78, 5) is 0. The topological polar surface area (TPSA) is 43.4 Å². The number of rotatable bonds is 8. The molecule has 0 aromatic rings. The van der Waals surface area contributed by atoms with Gasteiger partial charge in [0.15, 0.2) is 9.84 Å². The molecule has 0 N–H and O–H groups in total. The van der Waals surface area contributed by atoms with Crippen molar-refractivity contribution < 1.29 is 17.5 Å². The third kappa shape index (κ3) is 2.12. The normalized spacial score (nSPS) is 24.6. The van der Waals surface area contributed by atoms with Gasteiger partial charge in [-0.1, -0.05) is 13.3 Å². The van der Waals surface area contributed by atoms with Crippen molar-refractivity contribution >= 4 is 9.84 Å². The van der Waals surface area contributed by atoms with E-state index in [1.807, 2.05) is 0 Å². The minimum atomic E-state index is -3.35. The van der Waals surface area contributed by atoms with Crippen LogP contribution in [0.3, 0.4) is 0 Å². The average molecular weight is 264 g/mol. The van der Waals surface area contributed by atoms with Crippen molar-refractivity contribution in [2.45, 2.75) is 54.9 Å². The molecule has 0 bridgehead atoms. The molecule has 5 heteroatoms. The maximum Gasteiger partial charge on any atom is 0.166 e. The van der Waals surface area contributed by atoms with Gasteiger partial charge in [-0.15, -0.1) is 0 Å². The molecule has 2 aliphatic rings. The minimum absolute atomic E-state index is 0.261. The maximum absolute atomic E-state index is 12.9. The summed E-state index contributed by atoms with van der Waals surface area (Å²) >= 11 is 0. The van der Waals surface area contributed by atoms with Crippen LogP contribution in [0.25, 0.3) is 0 Å². The van der Waals surface area contributed by atoms with Gasteiger partial charge in [-0.3, -0.25) is 0 Å².